The molecule has 0 unspecified atom stereocenters. The molecule has 1 aromatic carbocycles. The molecular formula is C21H23N5O2. The Balaban J connectivity index is 1.30. The summed E-state index contributed by atoms with van der Waals surface area (Å²) in [6.07, 6.45) is 5.12. The van der Waals surface area contributed by atoms with Crippen molar-refractivity contribution in [3.8, 4) is 5.75 Å². The van der Waals surface area contributed by atoms with Gasteiger partial charge in [0.05, 0.1) is 20.1 Å². The fourth-order valence-corrected chi connectivity index (χ4v) is 3.06. The highest BCUT2D eigenvalue weighted by Gasteiger charge is 2.15. The maximum absolute atomic E-state index is 12.3. The number of aromatic nitrogens is 3. The minimum absolute atomic E-state index is 0.104. The van der Waals surface area contributed by atoms with Crippen LogP contribution in [0.3, 0.4) is 0 Å². The van der Waals surface area contributed by atoms with E-state index in [9.17, 15) is 4.79 Å². The lowest BCUT2D eigenvalue weighted by Crippen LogP contribution is -2.37. The second-order valence-corrected chi connectivity index (χ2v) is 6.84. The minimum atomic E-state index is -0.104. The summed E-state index contributed by atoms with van der Waals surface area (Å²) in [4.78, 5) is 19.0. The Morgan fingerprint density at radius 2 is 1.89 bits per heavy atom. The number of amides is 1. The Hall–Kier alpha value is -3.35. The first kappa shape index (κ1) is 18.0. The molecule has 1 aliphatic heterocycles. The van der Waals surface area contributed by atoms with E-state index in [1.165, 1.54) is 6.42 Å². The second-order valence-electron chi connectivity index (χ2n) is 6.84. The van der Waals surface area contributed by atoms with Crippen LogP contribution in [0.25, 0.3) is 0 Å². The van der Waals surface area contributed by atoms with Crippen molar-refractivity contribution in [2.24, 2.45) is 0 Å². The molecule has 144 valence electrons. The van der Waals surface area contributed by atoms with Crippen LogP contribution >= 0.6 is 0 Å². The molecule has 7 heteroatoms. The van der Waals surface area contributed by atoms with Gasteiger partial charge < -0.3 is 15.0 Å². The summed E-state index contributed by atoms with van der Waals surface area (Å²) in [7, 11) is 1.65. The molecule has 2 aromatic heterocycles. The molecule has 0 aliphatic carbocycles. The van der Waals surface area contributed by atoms with E-state index >= 15 is 0 Å². The highest BCUT2D eigenvalue weighted by molar-refractivity contribution is 5.91. The summed E-state index contributed by atoms with van der Waals surface area (Å²) < 4.78 is 6.96. The summed E-state index contributed by atoms with van der Waals surface area (Å²) in [5.74, 6) is 2.24. The molecule has 28 heavy (non-hydrogen) atoms. The van der Waals surface area contributed by atoms with Crippen LogP contribution in [0.1, 0.15) is 17.5 Å². The molecule has 0 bridgehead atoms. The smallest absolute Gasteiger partial charge is 0.230 e. The van der Waals surface area contributed by atoms with Crippen molar-refractivity contribution < 1.29 is 9.53 Å². The van der Waals surface area contributed by atoms with E-state index in [-0.39, 0.29) is 12.3 Å². The molecule has 3 heterocycles. The first-order chi connectivity index (χ1) is 13.7. The number of hydrogen-bond acceptors (Lipinski definition) is 5. The van der Waals surface area contributed by atoms with Crippen LogP contribution in [-0.2, 0) is 17.8 Å². The predicted octanol–water partition coefficient (Wildman–Crippen LogP) is 2.73. The quantitative estimate of drug-likeness (QED) is 0.685. The van der Waals surface area contributed by atoms with Gasteiger partial charge in [-0.15, -0.1) is 0 Å². The highest BCUT2D eigenvalue weighted by Crippen LogP contribution is 2.18. The van der Waals surface area contributed by atoms with Crippen LogP contribution < -0.4 is 15.0 Å². The van der Waals surface area contributed by atoms with E-state index in [0.717, 1.165) is 35.8 Å². The maximum atomic E-state index is 12.3. The number of ether oxygens (including phenoxy) is 1. The fourth-order valence-electron chi connectivity index (χ4n) is 3.06. The SMILES string of the molecule is COc1ccc(Cn2ccc(NC(=O)Cc3ccc(N4CCC4)nc3)n2)cc1. The van der Waals surface area contributed by atoms with Crippen molar-refractivity contribution in [1.82, 2.24) is 14.8 Å². The number of methoxy groups -OCH3 is 1. The molecule has 4 rings (SSSR count). The minimum Gasteiger partial charge on any atom is -0.497 e. The van der Waals surface area contributed by atoms with Crippen molar-refractivity contribution >= 4 is 17.5 Å². The summed E-state index contributed by atoms with van der Waals surface area (Å²) in [6.45, 7) is 2.75. The van der Waals surface area contributed by atoms with Gasteiger partial charge in [-0.1, -0.05) is 18.2 Å². The van der Waals surface area contributed by atoms with Crippen LogP contribution in [-0.4, -0.2) is 40.9 Å². The Bertz CT molecular complexity index is 930. The van der Waals surface area contributed by atoms with E-state index in [0.29, 0.717) is 12.4 Å². The third-order valence-corrected chi connectivity index (χ3v) is 4.77. The van der Waals surface area contributed by atoms with Gasteiger partial charge in [-0.05, 0) is 35.7 Å². The zero-order valence-electron chi connectivity index (χ0n) is 15.8. The van der Waals surface area contributed by atoms with Crippen molar-refractivity contribution in [2.75, 3.05) is 30.4 Å². The molecule has 1 fully saturated rings. The van der Waals surface area contributed by atoms with Crippen LogP contribution in [0.4, 0.5) is 11.6 Å². The summed E-state index contributed by atoms with van der Waals surface area (Å²) in [5.41, 5.74) is 1.99. The lowest BCUT2D eigenvalue weighted by Gasteiger charge is -2.31. The van der Waals surface area contributed by atoms with Gasteiger partial charge in [0, 0.05) is 31.5 Å². The molecule has 7 nitrogen and oxygen atoms in total. The predicted molar refractivity (Wildman–Crippen MR) is 108 cm³/mol. The summed E-state index contributed by atoms with van der Waals surface area (Å²) >= 11 is 0. The lowest BCUT2D eigenvalue weighted by molar-refractivity contribution is -0.115. The monoisotopic (exact) mass is 377 g/mol. The molecule has 1 saturated heterocycles. The maximum Gasteiger partial charge on any atom is 0.230 e. The third-order valence-electron chi connectivity index (χ3n) is 4.77. The Morgan fingerprint density at radius 1 is 1.11 bits per heavy atom. The van der Waals surface area contributed by atoms with E-state index in [1.807, 2.05) is 42.6 Å². The van der Waals surface area contributed by atoms with Gasteiger partial charge in [0.15, 0.2) is 5.82 Å². The first-order valence-electron chi connectivity index (χ1n) is 9.36. The van der Waals surface area contributed by atoms with Gasteiger partial charge in [-0.25, -0.2) is 4.98 Å². The average molecular weight is 377 g/mol. The zero-order valence-corrected chi connectivity index (χ0v) is 15.8. The van der Waals surface area contributed by atoms with Gasteiger partial charge in [0.2, 0.25) is 5.91 Å². The van der Waals surface area contributed by atoms with Gasteiger partial charge in [-0.2, -0.15) is 5.10 Å². The second kappa shape index (κ2) is 8.12. The molecule has 0 radical (unpaired) electrons. The molecule has 1 N–H and O–H groups in total. The van der Waals surface area contributed by atoms with E-state index in [1.54, 1.807) is 24.1 Å². The van der Waals surface area contributed by atoms with Gasteiger partial charge >= 0.3 is 0 Å². The molecule has 3 aromatic rings. The summed E-state index contributed by atoms with van der Waals surface area (Å²) in [6, 6.07) is 13.6. The van der Waals surface area contributed by atoms with Gasteiger partial charge in [0.1, 0.15) is 11.6 Å². The molecular weight excluding hydrogens is 354 g/mol. The largest absolute Gasteiger partial charge is 0.497 e. The Morgan fingerprint density at radius 3 is 2.54 bits per heavy atom. The van der Waals surface area contributed by atoms with E-state index < -0.39 is 0 Å². The number of carbonyl (C=O) groups excluding carboxylic acids is 1. The number of pyridine rings is 1. The average Bonchev–Trinajstić information content (AvgIpc) is 3.09. The molecule has 1 aliphatic rings. The molecule has 0 saturated carbocycles. The number of nitrogens with one attached hydrogen (secondary N) is 1. The van der Waals surface area contributed by atoms with Crippen molar-refractivity contribution in [2.45, 2.75) is 19.4 Å². The van der Waals surface area contributed by atoms with Crippen molar-refractivity contribution in [3.63, 3.8) is 0 Å². The third kappa shape index (κ3) is 4.31. The van der Waals surface area contributed by atoms with E-state index in [4.69, 9.17) is 4.74 Å². The highest BCUT2D eigenvalue weighted by atomic mass is 16.5. The Kier molecular flexibility index (Phi) is 5.23. The van der Waals surface area contributed by atoms with Crippen LogP contribution in [0.15, 0.2) is 54.9 Å². The van der Waals surface area contributed by atoms with Crippen LogP contribution in [0, 0.1) is 0 Å². The van der Waals surface area contributed by atoms with Crippen molar-refractivity contribution in [3.05, 3.63) is 66.0 Å². The summed E-state index contributed by atoms with van der Waals surface area (Å²) in [5, 5.41) is 7.26. The van der Waals surface area contributed by atoms with E-state index in [2.05, 4.69) is 20.3 Å². The van der Waals surface area contributed by atoms with Gasteiger partial charge in [0.25, 0.3) is 0 Å². The number of anilines is 2. The molecule has 1 amide bonds. The molecule has 0 atom stereocenters. The van der Waals surface area contributed by atoms with Crippen LogP contribution in [0.5, 0.6) is 5.75 Å². The number of hydrogen-bond donors (Lipinski definition) is 1. The van der Waals surface area contributed by atoms with Gasteiger partial charge in [-0.3, -0.25) is 9.48 Å². The number of carbonyl (C=O) groups is 1. The topological polar surface area (TPSA) is 72.3 Å². The Labute approximate surface area is 164 Å². The standard InChI is InChI=1S/C21H23N5O2/c1-28-18-6-3-16(4-7-18)15-26-12-9-19(24-26)23-21(27)13-17-5-8-20(22-14-17)25-10-2-11-25/h3-9,12,14H,2,10-11,13,15H2,1H3,(H,23,24,27). The van der Waals surface area contributed by atoms with Crippen molar-refractivity contribution in [1.29, 1.82) is 0 Å². The number of nitrogens with zero attached hydrogens (tertiary/aromatic N) is 4. The zero-order chi connectivity index (χ0) is 19.3. The lowest BCUT2D eigenvalue weighted by atomic mass is 10.2. The number of benzene rings is 1. The fraction of sp³-hybridized carbons (Fsp3) is 0.286. The number of rotatable bonds is 7. The normalized spacial score (nSPS) is 13.1. The first-order valence-corrected chi connectivity index (χ1v) is 9.36. The van der Waals surface area contributed by atoms with Crippen LogP contribution in [0.2, 0.25) is 0 Å². The molecule has 0 spiro atoms.